The van der Waals surface area contributed by atoms with Gasteiger partial charge < -0.3 is 10.4 Å². The molecule has 6 heteroatoms. The van der Waals surface area contributed by atoms with Gasteiger partial charge in [0.1, 0.15) is 6.04 Å². The third kappa shape index (κ3) is 4.42. The SMILES string of the molecule is Cc1cnn(-c2ccc(C(=O)N[C@@H](CC(C)C)C(=O)O)cc2)c1. The minimum absolute atomic E-state index is 0.182. The Morgan fingerprint density at radius 2 is 1.91 bits per heavy atom. The van der Waals surface area contributed by atoms with Crippen LogP contribution in [0.2, 0.25) is 0 Å². The van der Waals surface area contributed by atoms with Gasteiger partial charge in [-0.3, -0.25) is 4.79 Å². The predicted octanol–water partition coefficient (Wildman–Crippen LogP) is 2.41. The van der Waals surface area contributed by atoms with E-state index in [0.29, 0.717) is 12.0 Å². The van der Waals surface area contributed by atoms with Crippen molar-refractivity contribution in [3.63, 3.8) is 0 Å². The van der Waals surface area contributed by atoms with Crippen molar-refractivity contribution < 1.29 is 14.7 Å². The van der Waals surface area contributed by atoms with Gasteiger partial charge in [0, 0.05) is 11.8 Å². The number of nitrogens with zero attached hydrogens (tertiary/aromatic N) is 2. The van der Waals surface area contributed by atoms with Crippen LogP contribution < -0.4 is 5.32 Å². The number of hydrogen-bond acceptors (Lipinski definition) is 3. The van der Waals surface area contributed by atoms with E-state index in [-0.39, 0.29) is 11.8 Å². The number of aliphatic carboxylic acids is 1. The molecule has 0 radical (unpaired) electrons. The normalized spacial score (nSPS) is 12.2. The van der Waals surface area contributed by atoms with Gasteiger partial charge in [0.15, 0.2) is 0 Å². The maximum Gasteiger partial charge on any atom is 0.326 e. The molecular formula is C17H21N3O3. The molecule has 0 fully saturated rings. The summed E-state index contributed by atoms with van der Waals surface area (Å²) < 4.78 is 1.72. The van der Waals surface area contributed by atoms with Gasteiger partial charge in [-0.15, -0.1) is 0 Å². The summed E-state index contributed by atoms with van der Waals surface area (Å²) in [7, 11) is 0. The molecule has 1 atom stereocenters. The fourth-order valence-corrected chi connectivity index (χ4v) is 2.25. The Labute approximate surface area is 135 Å². The van der Waals surface area contributed by atoms with E-state index in [1.165, 1.54) is 0 Å². The molecule has 122 valence electrons. The van der Waals surface area contributed by atoms with Crippen LogP contribution in [0.25, 0.3) is 5.69 Å². The number of carboxylic acid groups (broad SMARTS) is 1. The monoisotopic (exact) mass is 315 g/mol. The number of carbonyl (C=O) groups excluding carboxylic acids is 1. The fourth-order valence-electron chi connectivity index (χ4n) is 2.25. The van der Waals surface area contributed by atoms with E-state index < -0.39 is 12.0 Å². The van der Waals surface area contributed by atoms with E-state index in [1.807, 2.05) is 27.0 Å². The molecule has 0 saturated carbocycles. The van der Waals surface area contributed by atoms with Gasteiger partial charge in [-0.1, -0.05) is 13.8 Å². The summed E-state index contributed by atoms with van der Waals surface area (Å²) in [6.07, 6.45) is 4.04. The predicted molar refractivity (Wildman–Crippen MR) is 86.6 cm³/mol. The van der Waals surface area contributed by atoms with Crippen LogP contribution in [0.4, 0.5) is 0 Å². The summed E-state index contributed by atoms with van der Waals surface area (Å²) in [4.78, 5) is 23.4. The van der Waals surface area contributed by atoms with Gasteiger partial charge in [-0.05, 0) is 49.1 Å². The van der Waals surface area contributed by atoms with Crippen molar-refractivity contribution in [1.82, 2.24) is 15.1 Å². The highest BCUT2D eigenvalue weighted by atomic mass is 16.4. The Morgan fingerprint density at radius 3 is 2.39 bits per heavy atom. The van der Waals surface area contributed by atoms with Gasteiger partial charge in [-0.25, -0.2) is 9.48 Å². The first-order valence-corrected chi connectivity index (χ1v) is 7.52. The Hall–Kier alpha value is -2.63. The summed E-state index contributed by atoms with van der Waals surface area (Å²) >= 11 is 0. The third-order valence-electron chi connectivity index (χ3n) is 3.42. The molecule has 2 rings (SSSR count). The minimum Gasteiger partial charge on any atom is -0.480 e. The Balaban J connectivity index is 2.09. The molecule has 0 aliphatic heterocycles. The first-order chi connectivity index (χ1) is 10.9. The van der Waals surface area contributed by atoms with E-state index >= 15 is 0 Å². The summed E-state index contributed by atoms with van der Waals surface area (Å²) in [5.41, 5.74) is 2.31. The highest BCUT2D eigenvalue weighted by Gasteiger charge is 2.21. The van der Waals surface area contributed by atoms with Crippen molar-refractivity contribution in [2.24, 2.45) is 5.92 Å². The van der Waals surface area contributed by atoms with Crippen molar-refractivity contribution in [3.8, 4) is 5.69 Å². The lowest BCUT2D eigenvalue weighted by Gasteiger charge is -2.16. The lowest BCUT2D eigenvalue weighted by molar-refractivity contribution is -0.139. The van der Waals surface area contributed by atoms with E-state index in [9.17, 15) is 14.7 Å². The molecule has 0 unspecified atom stereocenters. The number of carboxylic acids is 1. The average molecular weight is 315 g/mol. The van der Waals surface area contributed by atoms with Crippen molar-refractivity contribution in [3.05, 3.63) is 47.8 Å². The maximum atomic E-state index is 12.2. The summed E-state index contributed by atoms with van der Waals surface area (Å²) in [5.74, 6) is -1.22. The number of rotatable bonds is 6. The van der Waals surface area contributed by atoms with Crippen molar-refractivity contribution in [2.45, 2.75) is 33.2 Å². The number of amides is 1. The van der Waals surface area contributed by atoms with Crippen LogP contribution in [0.5, 0.6) is 0 Å². The molecule has 0 aliphatic rings. The number of aryl methyl sites for hydroxylation is 1. The zero-order chi connectivity index (χ0) is 17.0. The molecule has 2 aromatic rings. The highest BCUT2D eigenvalue weighted by Crippen LogP contribution is 2.11. The lowest BCUT2D eigenvalue weighted by atomic mass is 10.0. The van der Waals surface area contributed by atoms with E-state index in [2.05, 4.69) is 10.4 Å². The van der Waals surface area contributed by atoms with Crippen molar-refractivity contribution in [1.29, 1.82) is 0 Å². The second kappa shape index (κ2) is 7.09. The van der Waals surface area contributed by atoms with Crippen LogP contribution >= 0.6 is 0 Å². The van der Waals surface area contributed by atoms with Crippen LogP contribution in [-0.4, -0.2) is 32.8 Å². The second-order valence-corrected chi connectivity index (χ2v) is 6.00. The molecule has 1 heterocycles. The van der Waals surface area contributed by atoms with E-state index in [1.54, 1.807) is 35.1 Å². The number of benzene rings is 1. The van der Waals surface area contributed by atoms with E-state index in [0.717, 1.165) is 11.3 Å². The molecule has 1 amide bonds. The van der Waals surface area contributed by atoms with Gasteiger partial charge >= 0.3 is 5.97 Å². The molecule has 0 aliphatic carbocycles. The van der Waals surface area contributed by atoms with Crippen LogP contribution in [0, 0.1) is 12.8 Å². The minimum atomic E-state index is -1.02. The fraction of sp³-hybridized carbons (Fsp3) is 0.353. The molecular weight excluding hydrogens is 294 g/mol. The molecule has 23 heavy (non-hydrogen) atoms. The highest BCUT2D eigenvalue weighted by molar-refractivity contribution is 5.96. The molecule has 1 aromatic heterocycles. The van der Waals surface area contributed by atoms with Crippen LogP contribution in [0.3, 0.4) is 0 Å². The molecule has 0 bridgehead atoms. The summed E-state index contributed by atoms with van der Waals surface area (Å²) in [6, 6.07) is 6.00. The van der Waals surface area contributed by atoms with Gasteiger partial charge in [0.25, 0.3) is 5.91 Å². The van der Waals surface area contributed by atoms with Gasteiger partial charge in [0.2, 0.25) is 0 Å². The average Bonchev–Trinajstić information content (AvgIpc) is 2.92. The first-order valence-electron chi connectivity index (χ1n) is 7.52. The standard InChI is InChI=1S/C17H21N3O3/c1-11(2)8-15(17(22)23)19-16(21)13-4-6-14(7-5-13)20-10-12(3)9-18-20/h4-7,9-11,15H,8H2,1-3H3,(H,19,21)(H,22,23)/t15-/m0/s1. The topological polar surface area (TPSA) is 84.2 Å². The molecule has 2 N–H and O–H groups in total. The quantitative estimate of drug-likeness (QED) is 0.857. The number of aromatic nitrogens is 2. The zero-order valence-electron chi connectivity index (χ0n) is 13.5. The molecule has 1 aromatic carbocycles. The van der Waals surface area contributed by atoms with Crippen molar-refractivity contribution >= 4 is 11.9 Å². The maximum absolute atomic E-state index is 12.2. The largest absolute Gasteiger partial charge is 0.480 e. The lowest BCUT2D eigenvalue weighted by Crippen LogP contribution is -2.41. The Bertz CT molecular complexity index is 689. The Morgan fingerprint density at radius 1 is 1.26 bits per heavy atom. The first kappa shape index (κ1) is 16.7. The van der Waals surface area contributed by atoms with E-state index in [4.69, 9.17) is 0 Å². The number of hydrogen-bond donors (Lipinski definition) is 2. The third-order valence-corrected chi connectivity index (χ3v) is 3.42. The number of carbonyl (C=O) groups is 2. The second-order valence-electron chi connectivity index (χ2n) is 6.00. The van der Waals surface area contributed by atoms with Crippen molar-refractivity contribution in [2.75, 3.05) is 0 Å². The molecule has 0 saturated heterocycles. The molecule has 0 spiro atoms. The van der Waals surface area contributed by atoms with Crippen LogP contribution in [0.15, 0.2) is 36.7 Å². The summed E-state index contributed by atoms with van der Waals surface area (Å²) in [5, 5.41) is 16.0. The Kier molecular flexibility index (Phi) is 5.16. The van der Waals surface area contributed by atoms with Gasteiger partial charge in [0.05, 0.1) is 11.9 Å². The van der Waals surface area contributed by atoms with Gasteiger partial charge in [-0.2, -0.15) is 5.10 Å². The number of nitrogens with one attached hydrogen (secondary N) is 1. The molecule has 6 nitrogen and oxygen atoms in total. The van der Waals surface area contributed by atoms with Crippen LogP contribution in [-0.2, 0) is 4.79 Å². The summed E-state index contributed by atoms with van der Waals surface area (Å²) in [6.45, 7) is 5.79. The zero-order valence-corrected chi connectivity index (χ0v) is 13.5. The van der Waals surface area contributed by atoms with Crippen LogP contribution in [0.1, 0.15) is 36.2 Å². The smallest absolute Gasteiger partial charge is 0.326 e.